The third kappa shape index (κ3) is 8.86. The first-order valence-electron chi connectivity index (χ1n) is 14.9. The molecular formula is C35H37ClFN3O5S. The van der Waals surface area contributed by atoms with Gasteiger partial charge in [0.2, 0.25) is 11.8 Å². The number of rotatable bonds is 14. The van der Waals surface area contributed by atoms with Crippen LogP contribution in [0.25, 0.3) is 0 Å². The van der Waals surface area contributed by atoms with E-state index in [2.05, 4.69) is 5.32 Å². The Hall–Kier alpha value is -4.41. The minimum Gasteiger partial charge on any atom is -0.494 e. The molecule has 46 heavy (non-hydrogen) atoms. The summed E-state index contributed by atoms with van der Waals surface area (Å²) in [5.41, 5.74) is 1.15. The number of carbonyl (C=O) groups is 2. The molecule has 0 aliphatic heterocycles. The summed E-state index contributed by atoms with van der Waals surface area (Å²) in [7, 11) is -4.32. The average molecular weight is 666 g/mol. The minimum atomic E-state index is -4.32. The lowest BCUT2D eigenvalue weighted by Crippen LogP contribution is -2.54. The number of nitrogens with one attached hydrogen (secondary N) is 1. The Morgan fingerprint density at radius 2 is 1.52 bits per heavy atom. The van der Waals surface area contributed by atoms with Gasteiger partial charge < -0.3 is 15.0 Å². The molecule has 0 saturated heterocycles. The van der Waals surface area contributed by atoms with Crippen LogP contribution in [0.1, 0.15) is 31.9 Å². The van der Waals surface area contributed by atoms with Gasteiger partial charge in [-0.25, -0.2) is 12.8 Å². The van der Waals surface area contributed by atoms with Crippen LogP contribution in [0.3, 0.4) is 0 Å². The van der Waals surface area contributed by atoms with Gasteiger partial charge in [0.05, 0.1) is 17.2 Å². The molecule has 0 bridgehead atoms. The highest BCUT2D eigenvalue weighted by atomic mass is 35.5. The lowest BCUT2D eigenvalue weighted by atomic mass is 10.0. The molecule has 1 atom stereocenters. The third-order valence-corrected chi connectivity index (χ3v) is 9.16. The number of amides is 2. The monoisotopic (exact) mass is 665 g/mol. The Bertz CT molecular complexity index is 1720. The van der Waals surface area contributed by atoms with Crippen molar-refractivity contribution in [2.24, 2.45) is 0 Å². The van der Waals surface area contributed by atoms with Crippen LogP contribution in [0.2, 0.25) is 5.02 Å². The normalized spacial score (nSPS) is 12.0. The number of ether oxygens (including phenoxy) is 1. The van der Waals surface area contributed by atoms with Gasteiger partial charge in [0, 0.05) is 29.6 Å². The predicted octanol–water partition coefficient (Wildman–Crippen LogP) is 6.24. The van der Waals surface area contributed by atoms with E-state index >= 15 is 4.39 Å². The van der Waals surface area contributed by atoms with E-state index in [1.54, 1.807) is 44.2 Å². The summed E-state index contributed by atoms with van der Waals surface area (Å²) in [6.07, 6.45) is 0.118. The van der Waals surface area contributed by atoms with Crippen LogP contribution in [0.5, 0.6) is 5.75 Å². The van der Waals surface area contributed by atoms with Crippen molar-refractivity contribution in [1.29, 1.82) is 0 Å². The molecule has 2 amide bonds. The molecule has 1 N–H and O–H groups in total. The zero-order valence-corrected chi connectivity index (χ0v) is 27.5. The summed E-state index contributed by atoms with van der Waals surface area (Å²) in [5.74, 6) is -1.18. The highest BCUT2D eigenvalue weighted by molar-refractivity contribution is 7.92. The van der Waals surface area contributed by atoms with Crippen LogP contribution < -0.4 is 14.4 Å². The zero-order chi connectivity index (χ0) is 33.3. The summed E-state index contributed by atoms with van der Waals surface area (Å²) in [5, 5.41) is 3.22. The lowest BCUT2D eigenvalue weighted by molar-refractivity contribution is -0.140. The van der Waals surface area contributed by atoms with Crippen LogP contribution in [0.15, 0.2) is 108 Å². The number of anilines is 1. The van der Waals surface area contributed by atoms with Gasteiger partial charge in [-0.05, 0) is 80.9 Å². The standard InChI is InChI=1S/C35H37ClFN3O5S/c1-4-45-30-18-16-29(17-19-30)40(46(43,44)31-20-14-28(36)15-21-31)24-34(41)39(23-27-12-8-9-13-32(27)37)33(35(42)38-25(2)3)22-26-10-6-5-7-11-26/h5-21,25,33H,4,22-24H2,1-3H3,(H,38,42)/t33-/m0/s1. The van der Waals surface area contributed by atoms with E-state index in [1.165, 1.54) is 47.4 Å². The number of benzene rings is 4. The first-order valence-corrected chi connectivity index (χ1v) is 16.7. The first-order chi connectivity index (χ1) is 22.0. The molecule has 242 valence electrons. The summed E-state index contributed by atoms with van der Waals surface area (Å²) in [4.78, 5) is 29.3. The molecule has 8 nitrogen and oxygen atoms in total. The van der Waals surface area contributed by atoms with E-state index < -0.39 is 40.2 Å². The van der Waals surface area contributed by atoms with E-state index in [1.807, 2.05) is 37.3 Å². The molecule has 0 aliphatic carbocycles. The number of sulfonamides is 1. The van der Waals surface area contributed by atoms with E-state index in [0.29, 0.717) is 17.4 Å². The molecular weight excluding hydrogens is 629 g/mol. The van der Waals surface area contributed by atoms with Crippen molar-refractivity contribution >= 4 is 39.1 Å². The Morgan fingerprint density at radius 3 is 2.13 bits per heavy atom. The summed E-state index contributed by atoms with van der Waals surface area (Å²) in [6.45, 7) is 4.90. The van der Waals surface area contributed by atoms with Gasteiger partial charge in [-0.3, -0.25) is 13.9 Å². The van der Waals surface area contributed by atoms with Gasteiger partial charge in [0.15, 0.2) is 0 Å². The van der Waals surface area contributed by atoms with Crippen molar-refractivity contribution < 1.29 is 27.1 Å². The molecule has 0 heterocycles. The second-order valence-corrected chi connectivity index (χ2v) is 13.2. The van der Waals surface area contributed by atoms with Crippen molar-refractivity contribution in [3.63, 3.8) is 0 Å². The molecule has 0 radical (unpaired) electrons. The number of halogens is 2. The first kappa shape index (κ1) is 34.5. The lowest BCUT2D eigenvalue weighted by Gasteiger charge is -2.34. The van der Waals surface area contributed by atoms with Gasteiger partial charge in [-0.15, -0.1) is 0 Å². The molecule has 0 saturated carbocycles. The van der Waals surface area contributed by atoms with Crippen molar-refractivity contribution in [2.45, 2.75) is 50.7 Å². The molecule has 0 aliphatic rings. The van der Waals surface area contributed by atoms with Crippen LogP contribution in [-0.4, -0.2) is 50.4 Å². The second kappa shape index (κ2) is 15.7. The SMILES string of the molecule is CCOc1ccc(N(CC(=O)N(Cc2ccccc2F)[C@@H](Cc2ccccc2)C(=O)NC(C)C)S(=O)(=O)c2ccc(Cl)cc2)cc1. The summed E-state index contributed by atoms with van der Waals surface area (Å²) < 4.78 is 49.7. The van der Waals surface area contributed by atoms with Gasteiger partial charge >= 0.3 is 0 Å². The number of carbonyl (C=O) groups excluding carboxylic acids is 2. The highest BCUT2D eigenvalue weighted by Gasteiger charge is 2.35. The molecule has 0 spiro atoms. The average Bonchev–Trinajstić information content (AvgIpc) is 3.03. The smallest absolute Gasteiger partial charge is 0.264 e. The molecule has 0 fully saturated rings. The van der Waals surface area contributed by atoms with Gasteiger partial charge in [-0.1, -0.05) is 60.1 Å². The van der Waals surface area contributed by atoms with Crippen molar-refractivity contribution in [1.82, 2.24) is 10.2 Å². The molecule has 4 aromatic carbocycles. The topological polar surface area (TPSA) is 96.0 Å². The second-order valence-electron chi connectivity index (χ2n) is 10.9. The summed E-state index contributed by atoms with van der Waals surface area (Å²) in [6, 6.07) is 25.7. The largest absolute Gasteiger partial charge is 0.494 e. The number of nitrogens with zero attached hydrogens (tertiary/aromatic N) is 2. The highest BCUT2D eigenvalue weighted by Crippen LogP contribution is 2.28. The molecule has 4 rings (SSSR count). The Morgan fingerprint density at radius 1 is 0.891 bits per heavy atom. The van der Waals surface area contributed by atoms with Crippen molar-refractivity contribution in [2.75, 3.05) is 17.5 Å². The van der Waals surface area contributed by atoms with E-state index in [9.17, 15) is 18.0 Å². The fourth-order valence-corrected chi connectivity index (χ4v) is 6.42. The van der Waals surface area contributed by atoms with Crippen LogP contribution in [0, 0.1) is 5.82 Å². The third-order valence-electron chi connectivity index (χ3n) is 7.12. The molecule has 0 aromatic heterocycles. The Kier molecular flexibility index (Phi) is 11.8. The molecule has 0 unspecified atom stereocenters. The fraction of sp³-hybridized carbons (Fsp3) is 0.257. The minimum absolute atomic E-state index is 0.0855. The van der Waals surface area contributed by atoms with Crippen LogP contribution in [0.4, 0.5) is 10.1 Å². The fourth-order valence-electron chi connectivity index (χ4n) is 4.88. The Balaban J connectivity index is 1.81. The Labute approximate surface area is 274 Å². The predicted molar refractivity (Wildman–Crippen MR) is 178 cm³/mol. The van der Waals surface area contributed by atoms with Crippen LogP contribution >= 0.6 is 11.6 Å². The van der Waals surface area contributed by atoms with Crippen molar-refractivity contribution in [3.05, 3.63) is 125 Å². The zero-order valence-electron chi connectivity index (χ0n) is 25.9. The number of hydrogen-bond acceptors (Lipinski definition) is 5. The van der Waals surface area contributed by atoms with Gasteiger partial charge in [-0.2, -0.15) is 0 Å². The summed E-state index contributed by atoms with van der Waals surface area (Å²) >= 11 is 6.04. The number of hydrogen-bond donors (Lipinski definition) is 1. The van der Waals surface area contributed by atoms with Gasteiger partial charge in [0.1, 0.15) is 24.2 Å². The van der Waals surface area contributed by atoms with E-state index in [4.69, 9.17) is 16.3 Å². The van der Waals surface area contributed by atoms with Crippen molar-refractivity contribution in [3.8, 4) is 5.75 Å². The maximum atomic E-state index is 15.0. The van der Waals surface area contributed by atoms with E-state index in [-0.39, 0.29) is 35.2 Å². The maximum Gasteiger partial charge on any atom is 0.264 e. The van der Waals surface area contributed by atoms with E-state index in [0.717, 1.165) is 9.87 Å². The van der Waals surface area contributed by atoms with Gasteiger partial charge in [0.25, 0.3) is 10.0 Å². The maximum absolute atomic E-state index is 15.0. The van der Waals surface area contributed by atoms with Crippen LogP contribution in [-0.2, 0) is 32.6 Å². The quantitative estimate of drug-likeness (QED) is 0.172. The molecule has 11 heteroatoms. The molecule has 4 aromatic rings.